The smallest absolute Gasteiger partial charge is 0.356 e. The van der Waals surface area contributed by atoms with E-state index in [2.05, 4.69) is 16.9 Å². The van der Waals surface area contributed by atoms with Gasteiger partial charge < -0.3 is 5.11 Å². The number of nitrogens with zero attached hydrogens (tertiary/aromatic N) is 4. The van der Waals surface area contributed by atoms with Gasteiger partial charge in [-0.1, -0.05) is 6.92 Å². The molecule has 1 atom stereocenters. The van der Waals surface area contributed by atoms with Crippen LogP contribution in [0.4, 0.5) is 0 Å². The lowest BCUT2D eigenvalue weighted by molar-refractivity contribution is 0.0687. The van der Waals surface area contributed by atoms with Crippen molar-refractivity contribution in [3.8, 4) is 0 Å². The number of fused-ring (bicyclic) bond motifs is 1. The van der Waals surface area contributed by atoms with Gasteiger partial charge in [0.25, 0.3) is 0 Å². The minimum Gasteiger partial charge on any atom is -0.476 e. The fraction of sp³-hybridized carbons (Fsp3) is 0.765. The number of hydrogen-bond acceptors (Lipinski definition) is 5. The summed E-state index contributed by atoms with van der Waals surface area (Å²) in [5.41, 5.74) is 2.12. The monoisotopic (exact) mass is 384 g/mol. The molecule has 0 amide bonds. The predicted octanol–water partition coefficient (Wildman–Crippen LogP) is 0.816. The van der Waals surface area contributed by atoms with Gasteiger partial charge in [0.1, 0.15) is 0 Å². The molecule has 3 rings (SSSR count). The average molecular weight is 385 g/mol. The summed E-state index contributed by atoms with van der Waals surface area (Å²) in [7, 11) is -3.16. The number of rotatable bonds is 5. The van der Waals surface area contributed by atoms with E-state index >= 15 is 0 Å². The molecule has 1 aliphatic carbocycles. The standard InChI is InChI=1S/C17H28N4O4S/c1-3-7-21-15-6-5-13(12-14(15)16(18-21)17(22)23)19-8-4-9-20(11-10-19)26(2,24)25/h13H,3-12H2,1-2H3,(H,22,23). The Bertz CT molecular complexity index is 774. The van der Waals surface area contributed by atoms with Crippen LogP contribution in [0.2, 0.25) is 0 Å². The van der Waals surface area contributed by atoms with Crippen molar-refractivity contribution in [1.82, 2.24) is 19.0 Å². The Kier molecular flexibility index (Phi) is 5.69. The molecule has 146 valence electrons. The van der Waals surface area contributed by atoms with Crippen LogP contribution in [0.1, 0.15) is 47.9 Å². The number of carbonyl (C=O) groups is 1. The molecule has 1 aromatic heterocycles. The van der Waals surface area contributed by atoms with Gasteiger partial charge in [-0.05, 0) is 38.6 Å². The lowest BCUT2D eigenvalue weighted by Gasteiger charge is -2.33. The Balaban J connectivity index is 1.77. The van der Waals surface area contributed by atoms with Crippen molar-refractivity contribution in [3.05, 3.63) is 17.0 Å². The number of aromatic nitrogens is 2. The maximum absolute atomic E-state index is 11.8. The van der Waals surface area contributed by atoms with Crippen LogP contribution in [-0.2, 0) is 29.4 Å². The lowest BCUT2D eigenvalue weighted by atomic mass is 9.90. The predicted molar refractivity (Wildman–Crippen MR) is 97.9 cm³/mol. The zero-order chi connectivity index (χ0) is 18.9. The first-order chi connectivity index (χ1) is 12.3. The van der Waals surface area contributed by atoms with Crippen molar-refractivity contribution in [2.75, 3.05) is 32.4 Å². The summed E-state index contributed by atoms with van der Waals surface area (Å²) in [6, 6.07) is 0.249. The van der Waals surface area contributed by atoms with Crippen LogP contribution in [0.3, 0.4) is 0 Å². The Morgan fingerprint density at radius 1 is 1.27 bits per heavy atom. The molecule has 1 fully saturated rings. The molecule has 1 aliphatic heterocycles. The number of carboxylic acid groups (broad SMARTS) is 1. The summed E-state index contributed by atoms with van der Waals surface area (Å²) in [4.78, 5) is 13.9. The van der Waals surface area contributed by atoms with E-state index in [-0.39, 0.29) is 11.7 Å². The van der Waals surface area contributed by atoms with E-state index in [1.807, 2.05) is 4.68 Å². The molecule has 0 saturated carbocycles. The molecule has 0 radical (unpaired) electrons. The molecule has 1 aromatic rings. The van der Waals surface area contributed by atoms with Crippen LogP contribution in [0.25, 0.3) is 0 Å². The van der Waals surface area contributed by atoms with E-state index in [1.165, 1.54) is 6.26 Å². The molecule has 1 N–H and O–H groups in total. The third-order valence-corrected chi connectivity index (χ3v) is 6.74. The highest BCUT2D eigenvalue weighted by Gasteiger charge is 2.33. The second kappa shape index (κ2) is 7.66. The summed E-state index contributed by atoms with van der Waals surface area (Å²) < 4.78 is 27.0. The van der Waals surface area contributed by atoms with Crippen LogP contribution >= 0.6 is 0 Å². The zero-order valence-corrected chi connectivity index (χ0v) is 16.3. The maximum atomic E-state index is 11.8. The second-order valence-electron chi connectivity index (χ2n) is 7.25. The van der Waals surface area contributed by atoms with Gasteiger partial charge >= 0.3 is 5.97 Å². The van der Waals surface area contributed by atoms with E-state index in [1.54, 1.807) is 4.31 Å². The van der Waals surface area contributed by atoms with E-state index in [9.17, 15) is 18.3 Å². The van der Waals surface area contributed by atoms with Gasteiger partial charge in [-0.25, -0.2) is 17.5 Å². The first-order valence-corrected chi connectivity index (χ1v) is 11.2. The highest BCUT2D eigenvalue weighted by Crippen LogP contribution is 2.28. The Morgan fingerprint density at radius 2 is 2.04 bits per heavy atom. The normalized spacial score (nSPS) is 22.8. The third kappa shape index (κ3) is 3.94. The molecule has 26 heavy (non-hydrogen) atoms. The van der Waals surface area contributed by atoms with Crippen LogP contribution < -0.4 is 0 Å². The van der Waals surface area contributed by atoms with Crippen molar-refractivity contribution in [2.45, 2.75) is 51.6 Å². The van der Waals surface area contributed by atoms with Crippen LogP contribution in [0, 0.1) is 0 Å². The van der Waals surface area contributed by atoms with Gasteiger partial charge in [0.2, 0.25) is 10.0 Å². The summed E-state index contributed by atoms with van der Waals surface area (Å²) in [5.74, 6) is -0.962. The molecular weight excluding hydrogens is 356 g/mol. The molecule has 0 aromatic carbocycles. The number of hydrogen-bond donors (Lipinski definition) is 1. The topological polar surface area (TPSA) is 95.7 Å². The number of aromatic carboxylic acids is 1. The third-order valence-electron chi connectivity index (χ3n) is 5.43. The lowest BCUT2D eigenvalue weighted by Crippen LogP contribution is -2.42. The van der Waals surface area contributed by atoms with Gasteiger partial charge in [0.05, 0.1) is 6.26 Å². The van der Waals surface area contributed by atoms with Crippen molar-refractivity contribution < 1.29 is 18.3 Å². The average Bonchev–Trinajstić information content (AvgIpc) is 2.77. The van der Waals surface area contributed by atoms with Crippen LogP contribution in [0.5, 0.6) is 0 Å². The molecule has 0 spiro atoms. The van der Waals surface area contributed by atoms with E-state index in [0.717, 1.165) is 50.0 Å². The Morgan fingerprint density at radius 3 is 2.69 bits per heavy atom. The minimum atomic E-state index is -3.16. The summed E-state index contributed by atoms with van der Waals surface area (Å²) in [5, 5.41) is 13.9. The fourth-order valence-corrected chi connectivity index (χ4v) is 5.03. The summed E-state index contributed by atoms with van der Waals surface area (Å²) in [6.07, 6.45) is 5.45. The highest BCUT2D eigenvalue weighted by atomic mass is 32.2. The number of sulfonamides is 1. The molecule has 8 nitrogen and oxygen atoms in total. The SMILES string of the molecule is CCCn1nc(C(=O)O)c2c1CCC(N1CCCN(S(C)(=O)=O)CC1)C2. The fourth-order valence-electron chi connectivity index (χ4n) is 4.16. The van der Waals surface area contributed by atoms with Gasteiger partial charge in [-0.15, -0.1) is 0 Å². The summed E-state index contributed by atoms with van der Waals surface area (Å²) in [6.45, 7) is 5.40. The largest absolute Gasteiger partial charge is 0.476 e. The quantitative estimate of drug-likeness (QED) is 0.807. The number of carboxylic acids is 1. The highest BCUT2D eigenvalue weighted by molar-refractivity contribution is 7.88. The summed E-state index contributed by atoms with van der Waals surface area (Å²) >= 11 is 0. The van der Waals surface area contributed by atoms with Crippen LogP contribution in [0.15, 0.2) is 0 Å². The molecule has 1 unspecified atom stereocenters. The van der Waals surface area contributed by atoms with Crippen molar-refractivity contribution >= 4 is 16.0 Å². The van der Waals surface area contributed by atoms with Gasteiger partial charge in [-0.2, -0.15) is 5.10 Å². The first kappa shape index (κ1) is 19.3. The number of aryl methyl sites for hydroxylation is 1. The Labute approximate surface area is 154 Å². The van der Waals surface area contributed by atoms with E-state index in [4.69, 9.17) is 0 Å². The van der Waals surface area contributed by atoms with Gasteiger partial charge in [0.15, 0.2) is 5.69 Å². The molecule has 9 heteroatoms. The Hall–Kier alpha value is -1.45. The molecule has 1 saturated heterocycles. The molecule has 2 aliphatic rings. The second-order valence-corrected chi connectivity index (χ2v) is 9.23. The van der Waals surface area contributed by atoms with E-state index in [0.29, 0.717) is 26.1 Å². The van der Waals surface area contributed by atoms with Crippen molar-refractivity contribution in [2.24, 2.45) is 0 Å². The van der Waals surface area contributed by atoms with Crippen molar-refractivity contribution in [1.29, 1.82) is 0 Å². The van der Waals surface area contributed by atoms with E-state index < -0.39 is 16.0 Å². The molecular formula is C17H28N4O4S. The zero-order valence-electron chi connectivity index (χ0n) is 15.5. The molecule has 2 heterocycles. The van der Waals surface area contributed by atoms with Gasteiger partial charge in [0, 0.05) is 43.5 Å². The van der Waals surface area contributed by atoms with Gasteiger partial charge in [-0.3, -0.25) is 9.58 Å². The van der Waals surface area contributed by atoms with Crippen molar-refractivity contribution in [3.63, 3.8) is 0 Å². The minimum absolute atomic E-state index is 0.186. The molecule has 0 bridgehead atoms. The maximum Gasteiger partial charge on any atom is 0.356 e. The van der Waals surface area contributed by atoms with Crippen LogP contribution in [-0.4, -0.2) is 77.0 Å². The first-order valence-electron chi connectivity index (χ1n) is 9.32.